The van der Waals surface area contributed by atoms with Gasteiger partial charge < -0.3 is 4.98 Å². The number of fused-ring (bicyclic) bond motifs is 3. The van der Waals surface area contributed by atoms with Crippen LogP contribution in [0.1, 0.15) is 39.6 Å². The summed E-state index contributed by atoms with van der Waals surface area (Å²) in [5.74, 6) is -0.290. The second kappa shape index (κ2) is 4.38. The number of aromatic amines is 1. The highest BCUT2D eigenvalue weighted by Crippen LogP contribution is 2.33. The molecule has 0 amide bonds. The van der Waals surface area contributed by atoms with Crippen LogP contribution < -0.4 is 0 Å². The highest BCUT2D eigenvalue weighted by atomic mass is 16.2. The lowest BCUT2D eigenvalue weighted by Crippen LogP contribution is -2.21. The van der Waals surface area contributed by atoms with Gasteiger partial charge in [-0.05, 0) is 21.0 Å². The van der Waals surface area contributed by atoms with Gasteiger partial charge in [-0.2, -0.15) is 0 Å². The number of carbonyl (C=O) groups excluding carboxylic acids is 2. The van der Waals surface area contributed by atoms with Crippen molar-refractivity contribution in [2.75, 3.05) is 14.1 Å². The van der Waals surface area contributed by atoms with Crippen molar-refractivity contribution in [1.82, 2.24) is 14.9 Å². The third-order valence-electron chi connectivity index (χ3n) is 3.75. The molecular weight excluding hydrogens is 254 g/mol. The number of rotatable bonds is 2. The Kier molecular flexibility index (Phi) is 2.79. The van der Waals surface area contributed by atoms with E-state index in [1.807, 2.05) is 38.1 Å². The van der Waals surface area contributed by atoms with Crippen molar-refractivity contribution in [3.8, 4) is 11.3 Å². The minimum absolute atomic E-state index is 0.0377. The van der Waals surface area contributed by atoms with Crippen molar-refractivity contribution in [2.45, 2.75) is 13.0 Å². The zero-order valence-corrected chi connectivity index (χ0v) is 11.6. The van der Waals surface area contributed by atoms with Crippen molar-refractivity contribution in [3.63, 3.8) is 0 Å². The molecule has 0 aliphatic heterocycles. The van der Waals surface area contributed by atoms with Crippen molar-refractivity contribution in [2.24, 2.45) is 0 Å². The topological polar surface area (TPSA) is 66.1 Å². The Hall–Kier alpha value is -2.27. The minimum atomic E-state index is -0.511. The molecule has 5 nitrogen and oxygen atoms in total. The smallest absolute Gasteiger partial charge is 0.251 e. The summed E-state index contributed by atoms with van der Waals surface area (Å²) in [6, 6.07) is 7.13. The van der Waals surface area contributed by atoms with E-state index in [1.54, 1.807) is 12.1 Å². The predicted molar refractivity (Wildman–Crippen MR) is 74.8 cm³/mol. The van der Waals surface area contributed by atoms with E-state index < -0.39 is 11.6 Å². The molecule has 20 heavy (non-hydrogen) atoms. The van der Waals surface area contributed by atoms with E-state index in [2.05, 4.69) is 9.97 Å². The lowest BCUT2D eigenvalue weighted by molar-refractivity contribution is 0.0812. The van der Waals surface area contributed by atoms with E-state index in [1.165, 1.54) is 0 Å². The van der Waals surface area contributed by atoms with Gasteiger partial charge >= 0.3 is 0 Å². The molecule has 1 heterocycles. The summed E-state index contributed by atoms with van der Waals surface area (Å²) in [6.45, 7) is 1.99. The maximum absolute atomic E-state index is 12.2. The second-order valence-corrected chi connectivity index (χ2v) is 5.19. The van der Waals surface area contributed by atoms with E-state index >= 15 is 0 Å². The average Bonchev–Trinajstić information content (AvgIpc) is 2.89. The third-order valence-corrected chi connectivity index (χ3v) is 3.75. The Morgan fingerprint density at radius 3 is 2.40 bits per heavy atom. The molecule has 0 saturated heterocycles. The van der Waals surface area contributed by atoms with Crippen LogP contribution in [0.4, 0.5) is 0 Å². The number of carbonyl (C=O) groups is 2. The summed E-state index contributed by atoms with van der Waals surface area (Å²) < 4.78 is 0. The van der Waals surface area contributed by atoms with Crippen LogP contribution in [0.5, 0.6) is 0 Å². The molecule has 1 aromatic carbocycles. The summed E-state index contributed by atoms with van der Waals surface area (Å²) in [4.78, 5) is 33.8. The molecule has 1 aliphatic rings. The monoisotopic (exact) mass is 269 g/mol. The average molecular weight is 269 g/mol. The standard InChI is InChI=1S/C15H15N3O2/c1-8(18(2)3)15-16-11-9-6-4-5-7-10(9)13(19)14(20)12(11)17-15/h4-8H,1-3H3,(H,16,17). The molecule has 0 spiro atoms. The van der Waals surface area contributed by atoms with Crippen LogP contribution in [0.25, 0.3) is 11.3 Å². The molecule has 1 unspecified atom stereocenters. The first-order chi connectivity index (χ1) is 9.50. The largest absolute Gasteiger partial charge is 0.337 e. The van der Waals surface area contributed by atoms with Crippen molar-refractivity contribution in [3.05, 3.63) is 41.3 Å². The van der Waals surface area contributed by atoms with Gasteiger partial charge in [-0.3, -0.25) is 14.5 Å². The lowest BCUT2D eigenvalue weighted by Gasteiger charge is -2.16. The van der Waals surface area contributed by atoms with Gasteiger partial charge in [0.1, 0.15) is 17.2 Å². The summed E-state index contributed by atoms with van der Waals surface area (Å²) in [5, 5.41) is 0. The molecule has 5 heteroatoms. The highest BCUT2D eigenvalue weighted by Gasteiger charge is 2.33. The number of aromatic nitrogens is 2. The van der Waals surface area contributed by atoms with Gasteiger partial charge in [0, 0.05) is 11.1 Å². The Morgan fingerprint density at radius 2 is 1.75 bits per heavy atom. The fourth-order valence-electron chi connectivity index (χ4n) is 2.32. The quantitative estimate of drug-likeness (QED) is 0.848. The maximum atomic E-state index is 12.2. The molecule has 3 rings (SSSR count). The van der Waals surface area contributed by atoms with Gasteiger partial charge in [-0.1, -0.05) is 24.3 Å². The van der Waals surface area contributed by atoms with Crippen LogP contribution in [0, 0.1) is 0 Å². The molecule has 0 radical (unpaired) electrons. The molecular formula is C15H15N3O2. The molecule has 1 aromatic heterocycles. The number of H-pyrrole nitrogens is 1. The number of hydrogen-bond acceptors (Lipinski definition) is 4. The van der Waals surface area contributed by atoms with Crippen molar-refractivity contribution in [1.29, 1.82) is 0 Å². The Labute approximate surface area is 116 Å². The van der Waals surface area contributed by atoms with E-state index in [0.29, 0.717) is 22.8 Å². The van der Waals surface area contributed by atoms with Gasteiger partial charge in [0.25, 0.3) is 5.78 Å². The normalized spacial score (nSPS) is 15.2. The molecule has 1 atom stereocenters. The minimum Gasteiger partial charge on any atom is -0.337 e. The summed E-state index contributed by atoms with van der Waals surface area (Å²) >= 11 is 0. The van der Waals surface area contributed by atoms with Crippen LogP contribution in [-0.2, 0) is 0 Å². The van der Waals surface area contributed by atoms with Gasteiger partial charge in [-0.15, -0.1) is 0 Å². The molecule has 1 aliphatic carbocycles. The van der Waals surface area contributed by atoms with E-state index in [4.69, 9.17) is 0 Å². The molecule has 0 bridgehead atoms. The van der Waals surface area contributed by atoms with Crippen LogP contribution in [0.15, 0.2) is 24.3 Å². The van der Waals surface area contributed by atoms with Crippen molar-refractivity contribution < 1.29 is 9.59 Å². The van der Waals surface area contributed by atoms with Crippen LogP contribution >= 0.6 is 0 Å². The third kappa shape index (κ3) is 1.71. The Morgan fingerprint density at radius 1 is 1.10 bits per heavy atom. The number of imidazole rings is 1. The number of ketones is 2. The maximum Gasteiger partial charge on any atom is 0.251 e. The lowest BCUT2D eigenvalue weighted by atomic mass is 9.90. The predicted octanol–water partition coefficient (Wildman–Crippen LogP) is 2.08. The van der Waals surface area contributed by atoms with Gasteiger partial charge in [0.15, 0.2) is 0 Å². The molecule has 0 saturated carbocycles. The van der Waals surface area contributed by atoms with Gasteiger partial charge in [0.2, 0.25) is 5.78 Å². The molecule has 0 fully saturated rings. The fourth-order valence-corrected chi connectivity index (χ4v) is 2.32. The molecule has 2 aromatic rings. The van der Waals surface area contributed by atoms with Crippen LogP contribution in [0.2, 0.25) is 0 Å². The van der Waals surface area contributed by atoms with Crippen molar-refractivity contribution >= 4 is 11.6 Å². The van der Waals surface area contributed by atoms with Crippen LogP contribution in [-0.4, -0.2) is 40.5 Å². The van der Waals surface area contributed by atoms with Crippen LogP contribution in [0.3, 0.4) is 0 Å². The first kappa shape index (κ1) is 12.7. The Balaban J connectivity index is 2.21. The van der Waals surface area contributed by atoms with E-state index in [-0.39, 0.29) is 6.04 Å². The summed E-state index contributed by atoms with van der Waals surface area (Å²) in [6.07, 6.45) is 0. The number of hydrogen-bond donors (Lipinski definition) is 1. The van der Waals surface area contributed by atoms with E-state index in [9.17, 15) is 9.59 Å². The SMILES string of the molecule is CC(c1nc2c([nH]1)C(=O)C(=O)c1ccccc1-2)N(C)C. The molecule has 1 N–H and O–H groups in total. The Bertz CT molecular complexity index is 716. The summed E-state index contributed by atoms with van der Waals surface area (Å²) in [7, 11) is 3.88. The molecule has 102 valence electrons. The number of nitrogens with zero attached hydrogens (tertiary/aromatic N) is 2. The zero-order chi connectivity index (χ0) is 14.4. The zero-order valence-electron chi connectivity index (χ0n) is 11.6. The highest BCUT2D eigenvalue weighted by molar-refractivity contribution is 6.52. The number of nitrogens with one attached hydrogen (secondary N) is 1. The van der Waals surface area contributed by atoms with Gasteiger partial charge in [-0.25, -0.2) is 4.98 Å². The van der Waals surface area contributed by atoms with Gasteiger partial charge in [0.05, 0.1) is 6.04 Å². The first-order valence-corrected chi connectivity index (χ1v) is 6.45. The second-order valence-electron chi connectivity index (χ2n) is 5.19. The first-order valence-electron chi connectivity index (χ1n) is 6.45. The van der Waals surface area contributed by atoms with E-state index in [0.717, 1.165) is 5.56 Å². The number of benzene rings is 1. The fraction of sp³-hybridized carbons (Fsp3) is 0.267. The summed E-state index contributed by atoms with van der Waals surface area (Å²) in [5.41, 5.74) is 2.03. The number of Topliss-reactive ketones (excluding diaryl/α,β-unsaturated/α-hetero) is 2.